The maximum atomic E-state index is 2.53. The number of rotatable bonds is 3. The Morgan fingerprint density at radius 2 is 1.11 bits per heavy atom. The second-order valence-corrected chi connectivity index (χ2v) is 9.27. The molecule has 0 atom stereocenters. The molecule has 18 heavy (non-hydrogen) atoms. The summed E-state index contributed by atoms with van der Waals surface area (Å²) in [6.45, 7) is 2.53. The first-order valence-corrected chi connectivity index (χ1v) is 8.90. The third-order valence-electron chi connectivity index (χ3n) is 4.24. The number of hydrogen-bond donors (Lipinski definition) is 0. The van der Waals surface area contributed by atoms with E-state index in [1.807, 2.05) is 0 Å². The normalized spacial score (nSPS) is 20.8. The van der Waals surface area contributed by atoms with Gasteiger partial charge in [0.05, 0.1) is 0 Å². The molecule has 0 saturated carbocycles. The minimum Gasteiger partial charge on any atom is -1.00 e. The van der Waals surface area contributed by atoms with E-state index in [1.165, 1.54) is 0 Å². The smallest absolute Gasteiger partial charge is 1.00 e. The summed E-state index contributed by atoms with van der Waals surface area (Å²) in [5, 5.41) is 5.05. The van der Waals surface area contributed by atoms with Gasteiger partial charge in [-0.15, -0.1) is 0 Å². The van der Waals surface area contributed by atoms with Gasteiger partial charge in [0.2, 0.25) is 0 Å². The zero-order valence-corrected chi connectivity index (χ0v) is 12.3. The first-order chi connectivity index (χ1) is 8.32. The van der Waals surface area contributed by atoms with E-state index in [0.29, 0.717) is 0 Å². The van der Waals surface area contributed by atoms with Crippen molar-refractivity contribution in [2.45, 2.75) is 25.8 Å². The van der Waals surface area contributed by atoms with Crippen LogP contribution in [0.5, 0.6) is 0 Å². The van der Waals surface area contributed by atoms with E-state index < -0.39 is 8.07 Å². The summed E-state index contributed by atoms with van der Waals surface area (Å²) >= 11 is 0. The second kappa shape index (κ2) is 5.49. The van der Waals surface area contributed by atoms with E-state index in [1.54, 1.807) is 15.6 Å². The zero-order valence-electron chi connectivity index (χ0n) is 12.3. The van der Waals surface area contributed by atoms with Gasteiger partial charge in [-0.05, 0) is 19.3 Å². The molecule has 0 aromatic heterocycles. The average molecular weight is 246 g/mol. The van der Waals surface area contributed by atoms with Gasteiger partial charge in [0.1, 0.15) is 8.07 Å². The molecule has 0 unspecified atom stereocenters. The van der Waals surface area contributed by atoms with Crippen LogP contribution < -0.4 is 18.9 Å². The largest absolute Gasteiger partial charge is 1.00 e. The van der Waals surface area contributed by atoms with E-state index in [9.17, 15) is 0 Å². The standard InChI is InChI=1S/C16H18Si.Li.H/c1-17(14-8-2-3-9-14,15-10-4-5-11-15)16-12-6-7-13-16;;/h2-8,10,12H,9,11,13H2,1H3;;/q;+1;-1. The molecule has 0 heterocycles. The van der Waals surface area contributed by atoms with Crippen LogP contribution in [0.25, 0.3) is 0 Å². The molecule has 0 amide bonds. The van der Waals surface area contributed by atoms with Gasteiger partial charge < -0.3 is 1.43 Å². The maximum absolute atomic E-state index is 2.53. The van der Waals surface area contributed by atoms with Crippen LogP contribution in [0.3, 0.4) is 0 Å². The quantitative estimate of drug-likeness (QED) is 0.661. The van der Waals surface area contributed by atoms with Crippen molar-refractivity contribution in [1.82, 2.24) is 0 Å². The molecule has 0 spiro atoms. The fourth-order valence-electron chi connectivity index (χ4n) is 3.07. The summed E-state index contributed by atoms with van der Waals surface area (Å²) in [6, 6.07) is 0. The van der Waals surface area contributed by atoms with E-state index in [2.05, 4.69) is 61.2 Å². The van der Waals surface area contributed by atoms with Crippen molar-refractivity contribution >= 4 is 8.07 Å². The molecule has 0 aromatic carbocycles. The molecule has 0 fully saturated rings. The van der Waals surface area contributed by atoms with Crippen molar-refractivity contribution in [3.63, 3.8) is 0 Å². The van der Waals surface area contributed by atoms with E-state index >= 15 is 0 Å². The van der Waals surface area contributed by atoms with Crippen molar-refractivity contribution in [2.75, 3.05) is 0 Å². The Bertz CT molecular complexity index is 447. The van der Waals surface area contributed by atoms with Crippen LogP contribution in [-0.2, 0) is 0 Å². The van der Waals surface area contributed by atoms with Gasteiger partial charge in [-0.25, -0.2) is 0 Å². The van der Waals surface area contributed by atoms with E-state index in [0.717, 1.165) is 19.3 Å². The summed E-state index contributed by atoms with van der Waals surface area (Å²) in [4.78, 5) is 0. The predicted molar refractivity (Wildman–Crippen MR) is 78.3 cm³/mol. The average Bonchev–Trinajstić information content (AvgIpc) is 3.10. The first kappa shape index (κ1) is 13.7. The van der Waals surface area contributed by atoms with Gasteiger partial charge in [-0.2, -0.15) is 0 Å². The molecule has 0 radical (unpaired) electrons. The van der Waals surface area contributed by atoms with Gasteiger partial charge in [-0.3, -0.25) is 0 Å². The van der Waals surface area contributed by atoms with Crippen molar-refractivity contribution < 1.29 is 20.3 Å². The molecule has 3 aliphatic carbocycles. The van der Waals surface area contributed by atoms with Crippen LogP contribution >= 0.6 is 0 Å². The molecule has 0 aliphatic heterocycles. The summed E-state index contributed by atoms with van der Waals surface area (Å²) in [6.07, 6.45) is 24.2. The van der Waals surface area contributed by atoms with Crippen LogP contribution in [0.15, 0.2) is 70.3 Å². The Hall–Kier alpha value is -0.746. The zero-order chi connectivity index (χ0) is 11.7. The molecule has 0 saturated heterocycles. The van der Waals surface area contributed by atoms with Gasteiger partial charge in [-0.1, -0.05) is 76.8 Å². The van der Waals surface area contributed by atoms with Gasteiger partial charge in [0.25, 0.3) is 0 Å². The Kier molecular flexibility index (Phi) is 4.17. The molecule has 3 aliphatic rings. The van der Waals surface area contributed by atoms with Crippen molar-refractivity contribution in [3.05, 3.63) is 70.3 Å². The van der Waals surface area contributed by atoms with Crippen molar-refractivity contribution in [2.24, 2.45) is 0 Å². The summed E-state index contributed by atoms with van der Waals surface area (Å²) in [7, 11) is -1.55. The SMILES string of the molecule is C[Si](C1=CC=CC1)(C1=CC=CC1)C1=CC=CC1.[H-].[Li+]. The molecule has 2 heteroatoms. The third kappa shape index (κ3) is 2.12. The minimum absolute atomic E-state index is 0. The molecule has 3 rings (SSSR count). The van der Waals surface area contributed by atoms with Crippen molar-refractivity contribution in [1.29, 1.82) is 0 Å². The number of allylic oxidation sites excluding steroid dienone is 12. The number of hydrogen-bond acceptors (Lipinski definition) is 0. The fraction of sp³-hybridized carbons (Fsp3) is 0.250. The minimum atomic E-state index is -1.55. The van der Waals surface area contributed by atoms with Crippen LogP contribution in [0.1, 0.15) is 20.7 Å². The molecule has 0 N–H and O–H groups in total. The molecule has 0 aromatic rings. The van der Waals surface area contributed by atoms with Gasteiger partial charge in [0.15, 0.2) is 0 Å². The molecule has 0 bridgehead atoms. The van der Waals surface area contributed by atoms with Crippen LogP contribution in [-0.4, -0.2) is 8.07 Å². The molecule has 88 valence electrons. The predicted octanol–water partition coefficient (Wildman–Crippen LogP) is 1.46. The topological polar surface area (TPSA) is 0 Å². The Morgan fingerprint density at radius 1 is 0.778 bits per heavy atom. The maximum Gasteiger partial charge on any atom is 1.00 e. The van der Waals surface area contributed by atoms with E-state index in [-0.39, 0.29) is 20.3 Å². The fourth-order valence-corrected chi connectivity index (χ4v) is 7.18. The molecular formula is C16H19LiSi. The Morgan fingerprint density at radius 3 is 1.33 bits per heavy atom. The second-order valence-electron chi connectivity index (χ2n) is 5.10. The van der Waals surface area contributed by atoms with Crippen LogP contribution in [0, 0.1) is 0 Å². The Balaban J connectivity index is 0.000000902. The van der Waals surface area contributed by atoms with Gasteiger partial charge >= 0.3 is 18.9 Å². The summed E-state index contributed by atoms with van der Waals surface area (Å²) in [5.74, 6) is 0. The van der Waals surface area contributed by atoms with Crippen LogP contribution in [0.4, 0.5) is 0 Å². The third-order valence-corrected chi connectivity index (χ3v) is 9.21. The van der Waals surface area contributed by atoms with E-state index in [4.69, 9.17) is 0 Å². The Labute approximate surface area is 124 Å². The summed E-state index contributed by atoms with van der Waals surface area (Å²) < 4.78 is 0. The monoisotopic (exact) mass is 246 g/mol. The van der Waals surface area contributed by atoms with Crippen molar-refractivity contribution in [3.8, 4) is 0 Å². The summed E-state index contributed by atoms with van der Waals surface area (Å²) in [5.41, 5.74) is 0. The molecule has 0 nitrogen and oxygen atoms in total. The van der Waals surface area contributed by atoms with Gasteiger partial charge in [0, 0.05) is 0 Å². The molecular weight excluding hydrogens is 227 g/mol. The van der Waals surface area contributed by atoms with Crippen LogP contribution in [0.2, 0.25) is 6.55 Å². The first-order valence-electron chi connectivity index (χ1n) is 6.40.